The van der Waals surface area contributed by atoms with Gasteiger partial charge in [-0.15, -0.1) is 12.4 Å². The summed E-state index contributed by atoms with van der Waals surface area (Å²) in [6, 6.07) is -0.313. The van der Waals surface area contributed by atoms with Crippen molar-refractivity contribution >= 4 is 18.3 Å². The lowest BCUT2D eigenvalue weighted by molar-refractivity contribution is -0.124. The van der Waals surface area contributed by atoms with Crippen LogP contribution in [-0.2, 0) is 9.53 Å². The Morgan fingerprint density at radius 3 is 2.53 bits per heavy atom. The maximum atomic E-state index is 11.7. The Bertz CT molecular complexity index is 221. The number of hydrogen-bond donors (Lipinski definition) is 2. The molecule has 17 heavy (non-hydrogen) atoms. The van der Waals surface area contributed by atoms with Crippen LogP contribution in [0.4, 0.5) is 0 Å². The zero-order chi connectivity index (χ0) is 12.0. The van der Waals surface area contributed by atoms with Crippen molar-refractivity contribution in [1.82, 2.24) is 5.32 Å². The summed E-state index contributed by atoms with van der Waals surface area (Å²) in [5.41, 5.74) is 5.67. The van der Waals surface area contributed by atoms with Crippen molar-refractivity contribution in [3.8, 4) is 0 Å². The molecule has 0 heterocycles. The minimum Gasteiger partial charge on any atom is -0.383 e. The number of rotatable bonds is 5. The lowest BCUT2D eigenvalue weighted by atomic mass is 9.84. The topological polar surface area (TPSA) is 64.3 Å². The van der Waals surface area contributed by atoms with Crippen molar-refractivity contribution in [3.05, 3.63) is 0 Å². The molecule has 1 aliphatic carbocycles. The molecular weight excluding hydrogens is 240 g/mol. The fourth-order valence-electron chi connectivity index (χ4n) is 2.34. The predicted molar refractivity (Wildman–Crippen MR) is 71.3 cm³/mol. The number of carbonyl (C=O) groups is 1. The Balaban J connectivity index is 0.00000256. The summed E-state index contributed by atoms with van der Waals surface area (Å²) in [5, 5.41) is 2.99. The van der Waals surface area contributed by atoms with Gasteiger partial charge in [-0.1, -0.05) is 19.3 Å². The van der Waals surface area contributed by atoms with Crippen molar-refractivity contribution < 1.29 is 9.53 Å². The zero-order valence-corrected chi connectivity index (χ0v) is 11.6. The van der Waals surface area contributed by atoms with Gasteiger partial charge < -0.3 is 15.8 Å². The zero-order valence-electron chi connectivity index (χ0n) is 10.8. The summed E-state index contributed by atoms with van der Waals surface area (Å²) < 4.78 is 4.87. The third kappa shape index (κ3) is 5.70. The van der Waals surface area contributed by atoms with Gasteiger partial charge in [-0.05, 0) is 25.7 Å². The van der Waals surface area contributed by atoms with Crippen LogP contribution in [0.25, 0.3) is 0 Å². The fraction of sp³-hybridized carbons (Fsp3) is 0.917. The average molecular weight is 265 g/mol. The van der Waals surface area contributed by atoms with Crippen LogP contribution in [0.3, 0.4) is 0 Å². The van der Waals surface area contributed by atoms with Gasteiger partial charge >= 0.3 is 0 Å². The van der Waals surface area contributed by atoms with Gasteiger partial charge in [-0.3, -0.25) is 4.79 Å². The van der Waals surface area contributed by atoms with E-state index in [1.54, 1.807) is 7.11 Å². The predicted octanol–water partition coefficient (Wildman–Crippen LogP) is 1.47. The van der Waals surface area contributed by atoms with Crippen LogP contribution in [0.5, 0.6) is 0 Å². The number of amides is 1. The summed E-state index contributed by atoms with van der Waals surface area (Å²) in [6.07, 6.45) is 6.35. The van der Waals surface area contributed by atoms with Crippen LogP contribution in [0.2, 0.25) is 0 Å². The molecule has 0 aromatic carbocycles. The summed E-state index contributed by atoms with van der Waals surface area (Å²) in [7, 11) is 1.55. The van der Waals surface area contributed by atoms with E-state index in [-0.39, 0.29) is 31.0 Å². The van der Waals surface area contributed by atoms with Crippen LogP contribution in [0, 0.1) is 5.92 Å². The second kappa shape index (κ2) is 8.72. The minimum absolute atomic E-state index is 0. The van der Waals surface area contributed by atoms with Crippen molar-refractivity contribution in [2.45, 2.75) is 51.1 Å². The Hall–Kier alpha value is -0.320. The number of carbonyl (C=O) groups excluding carboxylic acids is 1. The summed E-state index contributed by atoms with van der Waals surface area (Å²) in [5.74, 6) is 0.521. The second-order valence-corrected chi connectivity index (χ2v) is 4.76. The number of ether oxygens (including phenoxy) is 1. The van der Waals surface area contributed by atoms with Crippen LogP contribution in [0.1, 0.15) is 39.0 Å². The normalized spacial score (nSPS) is 20.2. The Morgan fingerprint density at radius 1 is 1.41 bits per heavy atom. The second-order valence-electron chi connectivity index (χ2n) is 4.76. The third-order valence-electron chi connectivity index (χ3n) is 3.41. The molecule has 0 aliphatic heterocycles. The molecule has 102 valence electrons. The molecule has 1 fully saturated rings. The molecule has 1 aliphatic rings. The number of hydrogen-bond acceptors (Lipinski definition) is 3. The van der Waals surface area contributed by atoms with Gasteiger partial charge in [0.05, 0.1) is 6.61 Å². The summed E-state index contributed by atoms with van der Waals surface area (Å²) in [4.78, 5) is 11.7. The van der Waals surface area contributed by atoms with E-state index in [1.165, 1.54) is 32.1 Å². The van der Waals surface area contributed by atoms with Gasteiger partial charge in [0.1, 0.15) is 6.04 Å². The molecule has 0 bridgehead atoms. The average Bonchev–Trinajstić information content (AvgIpc) is 2.30. The monoisotopic (exact) mass is 264 g/mol. The maximum Gasteiger partial charge on any atom is 0.239 e. The van der Waals surface area contributed by atoms with E-state index in [0.717, 1.165) is 0 Å². The van der Waals surface area contributed by atoms with Crippen molar-refractivity contribution in [3.63, 3.8) is 0 Å². The molecule has 2 atom stereocenters. The van der Waals surface area contributed by atoms with Crippen LogP contribution >= 0.6 is 12.4 Å². The van der Waals surface area contributed by atoms with Gasteiger partial charge in [0, 0.05) is 13.2 Å². The quantitative estimate of drug-likeness (QED) is 0.790. The van der Waals surface area contributed by atoms with Crippen molar-refractivity contribution in [1.29, 1.82) is 0 Å². The highest BCUT2D eigenvalue weighted by molar-refractivity contribution is 5.85. The first-order chi connectivity index (χ1) is 7.65. The van der Waals surface area contributed by atoms with Gasteiger partial charge in [0.2, 0.25) is 5.91 Å². The third-order valence-corrected chi connectivity index (χ3v) is 3.41. The van der Waals surface area contributed by atoms with Gasteiger partial charge in [0.25, 0.3) is 0 Å². The van der Waals surface area contributed by atoms with Crippen molar-refractivity contribution in [2.24, 2.45) is 11.7 Å². The number of nitrogens with one attached hydrogen (secondary N) is 1. The summed E-state index contributed by atoms with van der Waals surface area (Å²) in [6.45, 7) is 2.36. The van der Waals surface area contributed by atoms with E-state index in [2.05, 4.69) is 12.2 Å². The molecule has 0 radical (unpaired) electrons. The van der Waals surface area contributed by atoms with Gasteiger partial charge in [-0.25, -0.2) is 0 Å². The van der Waals surface area contributed by atoms with E-state index in [0.29, 0.717) is 5.92 Å². The van der Waals surface area contributed by atoms with Crippen LogP contribution in [-0.4, -0.2) is 31.7 Å². The molecule has 3 N–H and O–H groups in total. The highest BCUT2D eigenvalue weighted by Crippen LogP contribution is 2.26. The Labute approximate surface area is 110 Å². The summed E-state index contributed by atoms with van der Waals surface area (Å²) >= 11 is 0. The van der Waals surface area contributed by atoms with E-state index in [1.807, 2.05) is 0 Å². The van der Waals surface area contributed by atoms with E-state index in [9.17, 15) is 4.79 Å². The standard InChI is InChI=1S/C12H24N2O2.ClH/c1-9(10-6-4-3-5-7-10)14-12(15)11(13)8-16-2;/h9-11H,3-8,13H2,1-2H3,(H,14,15);1H. The molecule has 1 saturated carbocycles. The van der Waals surface area contributed by atoms with Gasteiger partial charge in [-0.2, -0.15) is 0 Å². The fourth-order valence-corrected chi connectivity index (χ4v) is 2.34. The highest BCUT2D eigenvalue weighted by Gasteiger charge is 2.23. The molecule has 5 heteroatoms. The maximum absolute atomic E-state index is 11.7. The Kier molecular flexibility index (Phi) is 8.56. The molecule has 0 spiro atoms. The number of halogens is 1. The largest absolute Gasteiger partial charge is 0.383 e. The molecule has 1 amide bonds. The molecule has 4 nitrogen and oxygen atoms in total. The first-order valence-corrected chi connectivity index (χ1v) is 6.20. The molecule has 2 unspecified atom stereocenters. The molecule has 1 rings (SSSR count). The smallest absolute Gasteiger partial charge is 0.239 e. The molecular formula is C12H25ClN2O2. The number of nitrogens with two attached hydrogens (primary N) is 1. The van der Waals surface area contributed by atoms with Gasteiger partial charge in [0.15, 0.2) is 0 Å². The lowest BCUT2D eigenvalue weighted by Gasteiger charge is -2.29. The molecule has 0 saturated heterocycles. The lowest BCUT2D eigenvalue weighted by Crippen LogP contribution is -2.48. The van der Waals surface area contributed by atoms with Crippen LogP contribution < -0.4 is 11.1 Å². The van der Waals surface area contributed by atoms with E-state index in [4.69, 9.17) is 10.5 Å². The first-order valence-electron chi connectivity index (χ1n) is 6.20. The molecule has 0 aromatic rings. The van der Waals surface area contributed by atoms with Crippen molar-refractivity contribution in [2.75, 3.05) is 13.7 Å². The Morgan fingerprint density at radius 2 is 2.00 bits per heavy atom. The van der Waals surface area contributed by atoms with E-state index < -0.39 is 6.04 Å². The first kappa shape index (κ1) is 16.7. The van der Waals surface area contributed by atoms with Crippen LogP contribution in [0.15, 0.2) is 0 Å². The minimum atomic E-state index is -0.545. The highest BCUT2D eigenvalue weighted by atomic mass is 35.5. The number of methoxy groups -OCH3 is 1. The molecule has 0 aromatic heterocycles. The van der Waals surface area contributed by atoms with E-state index >= 15 is 0 Å². The SMILES string of the molecule is COCC(N)C(=O)NC(C)C1CCCCC1.Cl.